The van der Waals surface area contributed by atoms with Gasteiger partial charge in [0.1, 0.15) is 5.75 Å². The summed E-state index contributed by atoms with van der Waals surface area (Å²) in [5.74, 6) is 1.48. The Hall–Kier alpha value is -1.53. The highest BCUT2D eigenvalue weighted by Crippen LogP contribution is 2.12. The van der Waals surface area contributed by atoms with Gasteiger partial charge in [0, 0.05) is 13.1 Å². The molecule has 0 N–H and O–H groups in total. The van der Waals surface area contributed by atoms with Crippen LogP contribution in [0.1, 0.15) is 25.8 Å². The molecule has 0 aliphatic heterocycles. The summed E-state index contributed by atoms with van der Waals surface area (Å²) in [6, 6.07) is 9.40. The fraction of sp³-hybridized carbons (Fsp3) is 0.533. The van der Waals surface area contributed by atoms with Gasteiger partial charge in [-0.3, -0.25) is 0 Å². The number of ether oxygens (including phenoxy) is 1. The van der Waals surface area contributed by atoms with Crippen LogP contribution in [0.2, 0.25) is 0 Å². The molecule has 3 heteroatoms. The van der Waals surface area contributed by atoms with Crippen LogP contribution >= 0.6 is 0 Å². The molecule has 0 fully saturated rings. The molecule has 0 heterocycles. The standard InChI is InChI=1S/C15H22N2O/c1-13(2)12-17(3)8-5-9-18-15-7-4-6-14(10-15)11-16/h4,6-7,10,13H,5,8-9,12H2,1-3H3. The fourth-order valence-electron chi connectivity index (χ4n) is 1.89. The Morgan fingerprint density at radius 2 is 2.17 bits per heavy atom. The maximum atomic E-state index is 8.78. The second-order valence-corrected chi connectivity index (χ2v) is 5.00. The van der Waals surface area contributed by atoms with E-state index in [9.17, 15) is 0 Å². The minimum absolute atomic E-state index is 0.643. The molecule has 0 aromatic heterocycles. The highest BCUT2D eigenvalue weighted by Gasteiger charge is 2.01. The van der Waals surface area contributed by atoms with E-state index in [0.29, 0.717) is 18.1 Å². The molecule has 0 saturated carbocycles. The van der Waals surface area contributed by atoms with Crippen molar-refractivity contribution in [3.05, 3.63) is 29.8 Å². The zero-order valence-electron chi connectivity index (χ0n) is 11.5. The van der Waals surface area contributed by atoms with Crippen molar-refractivity contribution in [3.8, 4) is 11.8 Å². The molecule has 0 radical (unpaired) electrons. The van der Waals surface area contributed by atoms with E-state index < -0.39 is 0 Å². The Balaban J connectivity index is 2.23. The molecule has 1 aromatic rings. The average Bonchev–Trinajstić information content (AvgIpc) is 2.34. The Kier molecular flexibility index (Phi) is 6.24. The summed E-state index contributed by atoms with van der Waals surface area (Å²) in [7, 11) is 2.14. The second kappa shape index (κ2) is 7.73. The molecule has 0 aliphatic rings. The highest BCUT2D eigenvalue weighted by atomic mass is 16.5. The van der Waals surface area contributed by atoms with Gasteiger partial charge in [0.25, 0.3) is 0 Å². The van der Waals surface area contributed by atoms with Gasteiger partial charge in [-0.05, 0) is 37.6 Å². The number of nitriles is 1. The summed E-state index contributed by atoms with van der Waals surface area (Å²) in [5.41, 5.74) is 0.643. The summed E-state index contributed by atoms with van der Waals surface area (Å²) >= 11 is 0. The first-order valence-corrected chi connectivity index (χ1v) is 6.43. The smallest absolute Gasteiger partial charge is 0.120 e. The molecule has 0 spiro atoms. The third-order valence-electron chi connectivity index (χ3n) is 2.59. The molecule has 0 saturated heterocycles. The van der Waals surface area contributed by atoms with Crippen molar-refractivity contribution in [2.75, 3.05) is 26.7 Å². The Labute approximate surface area is 110 Å². The number of benzene rings is 1. The Morgan fingerprint density at radius 3 is 2.83 bits per heavy atom. The lowest BCUT2D eigenvalue weighted by molar-refractivity contribution is 0.247. The first-order chi connectivity index (χ1) is 8.61. The van der Waals surface area contributed by atoms with Crippen molar-refractivity contribution in [3.63, 3.8) is 0 Å². The van der Waals surface area contributed by atoms with Crippen LogP contribution in [0.15, 0.2) is 24.3 Å². The maximum Gasteiger partial charge on any atom is 0.120 e. The first kappa shape index (κ1) is 14.5. The Bertz CT molecular complexity index is 396. The molecule has 0 bridgehead atoms. The van der Waals surface area contributed by atoms with Crippen molar-refractivity contribution in [2.24, 2.45) is 5.92 Å². The van der Waals surface area contributed by atoms with Crippen LogP contribution in [0.25, 0.3) is 0 Å². The van der Waals surface area contributed by atoms with Crippen molar-refractivity contribution in [1.29, 1.82) is 5.26 Å². The fourth-order valence-corrected chi connectivity index (χ4v) is 1.89. The maximum absolute atomic E-state index is 8.78. The van der Waals surface area contributed by atoms with Gasteiger partial charge < -0.3 is 9.64 Å². The summed E-state index contributed by atoms with van der Waals surface area (Å²) in [4.78, 5) is 2.32. The van der Waals surface area contributed by atoms with Crippen molar-refractivity contribution < 1.29 is 4.74 Å². The van der Waals surface area contributed by atoms with Crippen molar-refractivity contribution >= 4 is 0 Å². The molecular weight excluding hydrogens is 224 g/mol. The normalized spacial score (nSPS) is 10.7. The third-order valence-corrected chi connectivity index (χ3v) is 2.59. The van der Waals surface area contributed by atoms with Gasteiger partial charge in [0.05, 0.1) is 18.2 Å². The van der Waals surface area contributed by atoms with Gasteiger partial charge in [-0.25, -0.2) is 0 Å². The van der Waals surface area contributed by atoms with Gasteiger partial charge in [-0.1, -0.05) is 19.9 Å². The minimum atomic E-state index is 0.643. The van der Waals surface area contributed by atoms with E-state index in [2.05, 4.69) is 31.9 Å². The van der Waals surface area contributed by atoms with Crippen LogP contribution in [0.3, 0.4) is 0 Å². The van der Waals surface area contributed by atoms with Crippen LogP contribution in [-0.2, 0) is 0 Å². The topological polar surface area (TPSA) is 36.3 Å². The molecule has 98 valence electrons. The van der Waals surface area contributed by atoms with E-state index >= 15 is 0 Å². The summed E-state index contributed by atoms with van der Waals surface area (Å²) < 4.78 is 5.63. The first-order valence-electron chi connectivity index (χ1n) is 6.43. The zero-order valence-corrected chi connectivity index (χ0v) is 11.5. The molecule has 0 amide bonds. The number of rotatable bonds is 7. The van der Waals surface area contributed by atoms with Gasteiger partial charge in [-0.2, -0.15) is 5.26 Å². The number of hydrogen-bond donors (Lipinski definition) is 0. The van der Waals surface area contributed by atoms with Crippen LogP contribution < -0.4 is 4.74 Å². The second-order valence-electron chi connectivity index (χ2n) is 5.00. The van der Waals surface area contributed by atoms with Crippen molar-refractivity contribution in [2.45, 2.75) is 20.3 Å². The molecule has 0 atom stereocenters. The molecule has 0 aliphatic carbocycles. The van der Waals surface area contributed by atoms with E-state index in [1.807, 2.05) is 12.1 Å². The minimum Gasteiger partial charge on any atom is -0.494 e. The highest BCUT2D eigenvalue weighted by molar-refractivity contribution is 5.36. The van der Waals surface area contributed by atoms with Crippen molar-refractivity contribution in [1.82, 2.24) is 4.90 Å². The third kappa shape index (κ3) is 5.70. The van der Waals surface area contributed by atoms with Gasteiger partial charge in [0.15, 0.2) is 0 Å². The van der Waals surface area contributed by atoms with Crippen LogP contribution in [0.4, 0.5) is 0 Å². The summed E-state index contributed by atoms with van der Waals surface area (Å²) in [6.45, 7) is 7.29. The van der Waals surface area contributed by atoms with Gasteiger partial charge in [-0.15, -0.1) is 0 Å². The number of nitrogens with zero attached hydrogens (tertiary/aromatic N) is 2. The predicted molar refractivity (Wildman–Crippen MR) is 73.6 cm³/mol. The van der Waals surface area contributed by atoms with Gasteiger partial charge >= 0.3 is 0 Å². The van der Waals surface area contributed by atoms with Crippen LogP contribution in [0, 0.1) is 17.2 Å². The lowest BCUT2D eigenvalue weighted by atomic mass is 10.2. The Morgan fingerprint density at radius 1 is 1.39 bits per heavy atom. The lowest BCUT2D eigenvalue weighted by Crippen LogP contribution is -2.25. The zero-order chi connectivity index (χ0) is 13.4. The predicted octanol–water partition coefficient (Wildman–Crippen LogP) is 2.91. The monoisotopic (exact) mass is 246 g/mol. The summed E-state index contributed by atoms with van der Waals surface area (Å²) in [5, 5.41) is 8.78. The molecule has 0 unspecified atom stereocenters. The van der Waals surface area contributed by atoms with E-state index in [1.54, 1.807) is 12.1 Å². The largest absolute Gasteiger partial charge is 0.494 e. The molecule has 18 heavy (non-hydrogen) atoms. The number of hydrogen-bond acceptors (Lipinski definition) is 3. The average molecular weight is 246 g/mol. The van der Waals surface area contributed by atoms with E-state index in [1.165, 1.54) is 0 Å². The van der Waals surface area contributed by atoms with E-state index in [0.717, 1.165) is 25.3 Å². The molecule has 1 rings (SSSR count). The molecule has 3 nitrogen and oxygen atoms in total. The SMILES string of the molecule is CC(C)CN(C)CCCOc1cccc(C#N)c1. The lowest BCUT2D eigenvalue weighted by Gasteiger charge is -2.18. The van der Waals surface area contributed by atoms with E-state index in [4.69, 9.17) is 10.00 Å². The van der Waals surface area contributed by atoms with Gasteiger partial charge in [0.2, 0.25) is 0 Å². The van der Waals surface area contributed by atoms with E-state index in [-0.39, 0.29) is 0 Å². The molecule has 1 aromatic carbocycles. The quantitative estimate of drug-likeness (QED) is 0.694. The molecular formula is C15H22N2O. The summed E-state index contributed by atoms with van der Waals surface area (Å²) in [6.07, 6.45) is 1.00. The van der Waals surface area contributed by atoms with Crippen LogP contribution in [-0.4, -0.2) is 31.6 Å². The van der Waals surface area contributed by atoms with Crippen LogP contribution in [0.5, 0.6) is 5.75 Å².